The summed E-state index contributed by atoms with van der Waals surface area (Å²) in [6.07, 6.45) is 0. The molecule has 3 rings (SSSR count). The zero-order chi connectivity index (χ0) is 19.9. The molecular formula is C20H17ClN2O5. The fourth-order valence-electron chi connectivity index (χ4n) is 2.52. The second kappa shape index (κ2) is 9.05. The maximum atomic E-state index is 12.3. The van der Waals surface area contributed by atoms with Gasteiger partial charge in [-0.15, -0.1) is 0 Å². The average Bonchev–Trinajstić information content (AvgIpc) is 2.70. The standard InChI is InChI=1S/C20H17ClN2O5/c21-13-5-7-14(8-6-13)27-10-9-22-19(25)12-28-20(26)16-11-18(24)23-17-4-2-1-3-15(16)17/h1-8,11H,9-10,12H2,(H,22,25)(H,23,24). The Morgan fingerprint density at radius 2 is 1.82 bits per heavy atom. The van der Waals surface area contributed by atoms with Gasteiger partial charge in [-0.05, 0) is 30.3 Å². The zero-order valence-corrected chi connectivity index (χ0v) is 15.5. The smallest absolute Gasteiger partial charge is 0.339 e. The SMILES string of the molecule is O=C(COC(=O)c1cc(=O)[nH]c2ccccc12)NCCOc1ccc(Cl)cc1. The predicted molar refractivity (Wildman–Crippen MR) is 105 cm³/mol. The first-order chi connectivity index (χ1) is 13.5. The largest absolute Gasteiger partial charge is 0.492 e. The van der Waals surface area contributed by atoms with Gasteiger partial charge in [-0.3, -0.25) is 9.59 Å². The van der Waals surface area contributed by atoms with E-state index in [0.29, 0.717) is 21.7 Å². The minimum atomic E-state index is -0.741. The zero-order valence-electron chi connectivity index (χ0n) is 14.7. The van der Waals surface area contributed by atoms with Crippen molar-refractivity contribution in [2.45, 2.75) is 0 Å². The summed E-state index contributed by atoms with van der Waals surface area (Å²) in [5, 5.41) is 3.74. The maximum Gasteiger partial charge on any atom is 0.339 e. The van der Waals surface area contributed by atoms with Gasteiger partial charge < -0.3 is 19.8 Å². The van der Waals surface area contributed by atoms with Crippen molar-refractivity contribution < 1.29 is 19.1 Å². The quantitative estimate of drug-likeness (QED) is 0.469. The van der Waals surface area contributed by atoms with E-state index in [1.165, 1.54) is 0 Å². The molecule has 1 heterocycles. The number of rotatable bonds is 7. The number of amides is 1. The number of H-pyrrole nitrogens is 1. The number of carbonyl (C=O) groups is 2. The van der Waals surface area contributed by atoms with Gasteiger partial charge in [0.25, 0.3) is 5.91 Å². The molecule has 0 atom stereocenters. The van der Waals surface area contributed by atoms with Gasteiger partial charge in [0, 0.05) is 22.0 Å². The fraction of sp³-hybridized carbons (Fsp3) is 0.150. The monoisotopic (exact) mass is 400 g/mol. The maximum absolute atomic E-state index is 12.3. The summed E-state index contributed by atoms with van der Waals surface area (Å²) in [4.78, 5) is 38.4. The van der Waals surface area contributed by atoms with Gasteiger partial charge in [0.1, 0.15) is 12.4 Å². The van der Waals surface area contributed by atoms with E-state index >= 15 is 0 Å². The van der Waals surface area contributed by atoms with Crippen LogP contribution in [0.1, 0.15) is 10.4 Å². The average molecular weight is 401 g/mol. The van der Waals surface area contributed by atoms with Gasteiger partial charge in [-0.1, -0.05) is 29.8 Å². The highest BCUT2D eigenvalue weighted by atomic mass is 35.5. The fourth-order valence-corrected chi connectivity index (χ4v) is 2.65. The van der Waals surface area contributed by atoms with Crippen molar-refractivity contribution in [2.24, 2.45) is 0 Å². The summed E-state index contributed by atoms with van der Waals surface area (Å²) in [5.41, 5.74) is 0.207. The Labute approximate surface area is 165 Å². The number of aromatic amines is 1. The summed E-state index contributed by atoms with van der Waals surface area (Å²) < 4.78 is 10.5. The molecule has 0 aliphatic heterocycles. The van der Waals surface area contributed by atoms with E-state index in [-0.39, 0.29) is 18.7 Å². The number of nitrogens with one attached hydrogen (secondary N) is 2. The Bertz CT molecular complexity index is 1050. The van der Waals surface area contributed by atoms with E-state index in [1.54, 1.807) is 48.5 Å². The summed E-state index contributed by atoms with van der Waals surface area (Å²) in [6.45, 7) is 0.0356. The number of aromatic nitrogens is 1. The first kappa shape index (κ1) is 19.4. The number of fused-ring (bicyclic) bond motifs is 1. The summed E-state index contributed by atoms with van der Waals surface area (Å²) in [6, 6.07) is 14.9. The third-order valence-corrected chi connectivity index (χ3v) is 4.06. The van der Waals surface area contributed by atoms with Gasteiger partial charge in [0.15, 0.2) is 6.61 Å². The molecule has 0 saturated heterocycles. The molecule has 0 unspecified atom stereocenters. The first-order valence-corrected chi connectivity index (χ1v) is 8.85. The number of pyridine rings is 1. The Balaban J connectivity index is 1.47. The summed E-state index contributed by atoms with van der Waals surface area (Å²) in [5.74, 6) is -0.580. The van der Waals surface area contributed by atoms with Crippen LogP contribution in [0.25, 0.3) is 10.9 Å². The molecule has 2 aromatic carbocycles. The molecule has 0 saturated carbocycles. The van der Waals surface area contributed by atoms with Crippen molar-refractivity contribution in [1.82, 2.24) is 10.3 Å². The van der Waals surface area contributed by atoms with Crippen LogP contribution >= 0.6 is 11.6 Å². The molecule has 144 valence electrons. The van der Waals surface area contributed by atoms with E-state index in [0.717, 1.165) is 6.07 Å². The van der Waals surface area contributed by atoms with Crippen molar-refractivity contribution in [3.05, 3.63) is 75.5 Å². The van der Waals surface area contributed by atoms with Crippen LogP contribution in [0.2, 0.25) is 5.02 Å². The van der Waals surface area contributed by atoms with Gasteiger partial charge >= 0.3 is 5.97 Å². The van der Waals surface area contributed by atoms with Crippen LogP contribution in [-0.4, -0.2) is 36.6 Å². The third-order valence-electron chi connectivity index (χ3n) is 3.81. The van der Waals surface area contributed by atoms with Crippen molar-refractivity contribution in [3.8, 4) is 5.75 Å². The van der Waals surface area contributed by atoms with Crippen molar-refractivity contribution >= 4 is 34.4 Å². The molecule has 0 fully saturated rings. The van der Waals surface area contributed by atoms with Crippen LogP contribution < -0.4 is 15.6 Å². The molecular weight excluding hydrogens is 384 g/mol. The van der Waals surface area contributed by atoms with Crippen molar-refractivity contribution in [2.75, 3.05) is 19.8 Å². The van der Waals surface area contributed by atoms with Gasteiger partial charge in [0.05, 0.1) is 12.1 Å². The molecule has 8 heteroatoms. The summed E-state index contributed by atoms with van der Waals surface area (Å²) >= 11 is 5.79. The minimum Gasteiger partial charge on any atom is -0.492 e. The number of hydrogen-bond donors (Lipinski definition) is 2. The Morgan fingerprint density at radius 3 is 2.61 bits per heavy atom. The normalized spacial score (nSPS) is 10.5. The number of carbonyl (C=O) groups excluding carboxylic acids is 2. The number of halogens is 1. The van der Waals surface area contributed by atoms with Crippen LogP contribution in [0.15, 0.2) is 59.4 Å². The number of benzene rings is 2. The molecule has 0 aliphatic rings. The van der Waals surface area contributed by atoms with Gasteiger partial charge in [-0.2, -0.15) is 0 Å². The van der Waals surface area contributed by atoms with E-state index in [4.69, 9.17) is 21.1 Å². The number of ether oxygens (including phenoxy) is 2. The Hall–Kier alpha value is -3.32. The molecule has 7 nitrogen and oxygen atoms in total. The van der Waals surface area contributed by atoms with E-state index < -0.39 is 24.0 Å². The highest BCUT2D eigenvalue weighted by Gasteiger charge is 2.14. The predicted octanol–water partition coefficient (Wildman–Crippen LogP) is 2.53. The molecule has 3 aromatic rings. The molecule has 0 aliphatic carbocycles. The molecule has 1 amide bonds. The van der Waals surface area contributed by atoms with Crippen LogP contribution in [0.4, 0.5) is 0 Å². The van der Waals surface area contributed by atoms with Crippen LogP contribution in [0.3, 0.4) is 0 Å². The third kappa shape index (κ3) is 5.11. The van der Waals surface area contributed by atoms with Crippen LogP contribution in [0.5, 0.6) is 5.75 Å². The molecule has 0 bridgehead atoms. The molecule has 1 aromatic heterocycles. The van der Waals surface area contributed by atoms with E-state index in [2.05, 4.69) is 10.3 Å². The van der Waals surface area contributed by atoms with Gasteiger partial charge in [-0.25, -0.2) is 4.79 Å². The van der Waals surface area contributed by atoms with E-state index in [1.807, 2.05) is 0 Å². The molecule has 28 heavy (non-hydrogen) atoms. The minimum absolute atomic E-state index is 0.109. The second-order valence-electron chi connectivity index (χ2n) is 5.82. The lowest BCUT2D eigenvalue weighted by atomic mass is 10.1. The lowest BCUT2D eigenvalue weighted by molar-refractivity contribution is -0.124. The van der Waals surface area contributed by atoms with Crippen LogP contribution in [-0.2, 0) is 9.53 Å². The number of hydrogen-bond acceptors (Lipinski definition) is 5. The topological polar surface area (TPSA) is 97.5 Å². The number of esters is 1. The molecule has 2 N–H and O–H groups in total. The number of para-hydroxylation sites is 1. The Morgan fingerprint density at radius 1 is 1.07 bits per heavy atom. The Kier molecular flexibility index (Phi) is 6.29. The van der Waals surface area contributed by atoms with Crippen molar-refractivity contribution in [1.29, 1.82) is 0 Å². The highest BCUT2D eigenvalue weighted by Crippen LogP contribution is 2.16. The van der Waals surface area contributed by atoms with E-state index in [9.17, 15) is 14.4 Å². The van der Waals surface area contributed by atoms with Crippen molar-refractivity contribution in [3.63, 3.8) is 0 Å². The second-order valence-corrected chi connectivity index (χ2v) is 6.26. The highest BCUT2D eigenvalue weighted by molar-refractivity contribution is 6.30. The first-order valence-electron chi connectivity index (χ1n) is 8.47. The van der Waals surface area contributed by atoms with Gasteiger partial charge in [0.2, 0.25) is 5.56 Å². The lowest BCUT2D eigenvalue weighted by Crippen LogP contribution is -2.32. The summed E-state index contributed by atoms with van der Waals surface area (Å²) in [7, 11) is 0. The molecule has 0 radical (unpaired) electrons. The lowest BCUT2D eigenvalue weighted by Gasteiger charge is -2.09. The van der Waals surface area contributed by atoms with Crippen LogP contribution in [0, 0.1) is 0 Å². The molecule has 0 spiro atoms.